The molecule has 1 amide bonds. The molecule has 0 spiro atoms. The standard InChI is InChI=1S/C16H17N5O2S/c1-10-14(24-9-18-10)15(23)20-6-3-2-4-12(20)11-8-13(22)21-7-5-17-16(21)19-11/h5,7-9,12H,2-4,6H2,1H3,(H,17,19)/t12-/m1/s1. The zero-order chi connectivity index (χ0) is 16.7. The lowest BCUT2D eigenvalue weighted by molar-refractivity contribution is 0.0610. The van der Waals surface area contributed by atoms with Gasteiger partial charge in [-0.05, 0) is 26.2 Å². The number of fused-ring (bicyclic) bond motifs is 1. The maximum atomic E-state index is 12.9. The summed E-state index contributed by atoms with van der Waals surface area (Å²) in [5.41, 5.74) is 3.06. The van der Waals surface area contributed by atoms with Crippen molar-refractivity contribution in [2.75, 3.05) is 6.54 Å². The van der Waals surface area contributed by atoms with E-state index in [2.05, 4.69) is 15.0 Å². The Labute approximate surface area is 142 Å². The number of thiazole rings is 1. The maximum Gasteiger partial charge on any atom is 0.266 e. The molecule has 0 radical (unpaired) electrons. The van der Waals surface area contributed by atoms with E-state index >= 15 is 0 Å². The average Bonchev–Trinajstić information content (AvgIpc) is 3.23. The first-order chi connectivity index (χ1) is 11.6. The first-order valence-electron chi connectivity index (χ1n) is 7.92. The molecule has 0 bridgehead atoms. The van der Waals surface area contributed by atoms with Gasteiger partial charge in [0.25, 0.3) is 11.5 Å². The number of carbonyl (C=O) groups excluding carboxylic acids is 1. The highest BCUT2D eigenvalue weighted by molar-refractivity contribution is 7.11. The summed E-state index contributed by atoms with van der Waals surface area (Å²) in [7, 11) is 0. The Bertz CT molecular complexity index is 957. The molecule has 1 aliphatic rings. The Kier molecular flexibility index (Phi) is 3.68. The van der Waals surface area contributed by atoms with Crippen molar-refractivity contribution >= 4 is 23.0 Å². The van der Waals surface area contributed by atoms with E-state index in [1.165, 1.54) is 15.7 Å². The Morgan fingerprint density at radius 3 is 3.04 bits per heavy atom. The number of H-pyrrole nitrogens is 1. The Hall–Kier alpha value is -2.48. The Morgan fingerprint density at radius 1 is 1.38 bits per heavy atom. The van der Waals surface area contributed by atoms with Crippen molar-refractivity contribution in [2.45, 2.75) is 32.2 Å². The lowest BCUT2D eigenvalue weighted by Crippen LogP contribution is -2.39. The van der Waals surface area contributed by atoms with Gasteiger partial charge in [0.05, 0.1) is 17.2 Å². The third kappa shape index (κ3) is 2.43. The first kappa shape index (κ1) is 15.1. The summed E-state index contributed by atoms with van der Waals surface area (Å²) >= 11 is 1.36. The van der Waals surface area contributed by atoms with E-state index in [0.717, 1.165) is 30.7 Å². The van der Waals surface area contributed by atoms with Gasteiger partial charge in [0.15, 0.2) is 0 Å². The van der Waals surface area contributed by atoms with Crippen LogP contribution in [0.5, 0.6) is 0 Å². The van der Waals surface area contributed by atoms with Crippen molar-refractivity contribution in [1.82, 2.24) is 24.3 Å². The van der Waals surface area contributed by atoms with Gasteiger partial charge in [0, 0.05) is 30.7 Å². The van der Waals surface area contributed by atoms with Crippen molar-refractivity contribution in [2.24, 2.45) is 0 Å². The number of hydrogen-bond donors (Lipinski definition) is 1. The maximum absolute atomic E-state index is 12.9. The van der Waals surface area contributed by atoms with Crippen molar-refractivity contribution in [3.63, 3.8) is 0 Å². The van der Waals surface area contributed by atoms with Crippen molar-refractivity contribution in [1.29, 1.82) is 0 Å². The minimum absolute atomic E-state index is 0.0104. The number of aryl methyl sites for hydroxylation is 1. The van der Waals surface area contributed by atoms with E-state index in [1.807, 2.05) is 11.8 Å². The largest absolute Gasteiger partial charge is 0.329 e. The summed E-state index contributed by atoms with van der Waals surface area (Å²) < 4.78 is 1.46. The summed E-state index contributed by atoms with van der Waals surface area (Å²) in [6.45, 7) is 2.53. The fraction of sp³-hybridized carbons (Fsp3) is 0.375. The molecule has 7 nitrogen and oxygen atoms in total. The molecular weight excluding hydrogens is 326 g/mol. The molecule has 0 unspecified atom stereocenters. The van der Waals surface area contributed by atoms with Crippen LogP contribution in [-0.2, 0) is 0 Å². The van der Waals surface area contributed by atoms with Crippen LogP contribution >= 0.6 is 11.3 Å². The number of carbonyl (C=O) groups is 1. The topological polar surface area (TPSA) is 83.4 Å². The number of amides is 1. The summed E-state index contributed by atoms with van der Waals surface area (Å²) in [4.78, 5) is 39.3. The van der Waals surface area contributed by atoms with Gasteiger partial charge in [-0.15, -0.1) is 11.3 Å². The zero-order valence-electron chi connectivity index (χ0n) is 13.2. The van der Waals surface area contributed by atoms with Gasteiger partial charge >= 0.3 is 0 Å². The number of aromatic nitrogens is 4. The van der Waals surface area contributed by atoms with Gasteiger partial charge in [-0.1, -0.05) is 0 Å². The fourth-order valence-electron chi connectivity index (χ4n) is 3.26. The van der Waals surface area contributed by atoms with Crippen molar-refractivity contribution in [3.8, 4) is 0 Å². The predicted octanol–water partition coefficient (Wildman–Crippen LogP) is 2.15. The molecule has 1 N–H and O–H groups in total. The molecule has 0 saturated carbocycles. The molecule has 1 saturated heterocycles. The van der Waals surface area contributed by atoms with Crippen molar-refractivity contribution < 1.29 is 4.79 Å². The van der Waals surface area contributed by atoms with E-state index in [-0.39, 0.29) is 17.5 Å². The summed E-state index contributed by atoms with van der Waals surface area (Å²) in [6, 6.07) is 1.44. The number of aromatic amines is 1. The highest BCUT2D eigenvalue weighted by Crippen LogP contribution is 2.32. The summed E-state index contributed by atoms with van der Waals surface area (Å²) in [5, 5.41) is 0. The number of hydrogen-bond acceptors (Lipinski definition) is 5. The van der Waals surface area contributed by atoms with E-state index in [4.69, 9.17) is 0 Å². The molecule has 0 aromatic carbocycles. The van der Waals surface area contributed by atoms with Crippen LogP contribution in [0.15, 0.2) is 28.8 Å². The second kappa shape index (κ2) is 5.86. The van der Waals surface area contributed by atoms with Gasteiger partial charge < -0.3 is 9.88 Å². The lowest BCUT2D eigenvalue weighted by Gasteiger charge is -2.35. The summed E-state index contributed by atoms with van der Waals surface area (Å²) in [5.74, 6) is 0.494. The van der Waals surface area contributed by atoms with E-state index in [0.29, 0.717) is 17.2 Å². The fourth-order valence-corrected chi connectivity index (χ4v) is 4.01. The van der Waals surface area contributed by atoms with Gasteiger partial charge in [0.2, 0.25) is 5.78 Å². The molecule has 1 atom stereocenters. The van der Waals surface area contributed by atoms with E-state index in [1.54, 1.807) is 24.0 Å². The number of imidazole rings is 1. The molecule has 1 aliphatic heterocycles. The van der Waals surface area contributed by atoms with Crippen LogP contribution in [0.2, 0.25) is 0 Å². The van der Waals surface area contributed by atoms with Crippen LogP contribution in [0.3, 0.4) is 0 Å². The average molecular weight is 343 g/mol. The molecule has 1 fully saturated rings. The third-order valence-corrected chi connectivity index (χ3v) is 5.39. The number of likely N-dealkylation sites (tertiary alicyclic amines) is 1. The zero-order valence-corrected chi connectivity index (χ0v) is 14.0. The first-order valence-corrected chi connectivity index (χ1v) is 8.80. The lowest BCUT2D eigenvalue weighted by atomic mass is 9.98. The normalized spacial score (nSPS) is 18.2. The highest BCUT2D eigenvalue weighted by Gasteiger charge is 2.31. The van der Waals surface area contributed by atoms with Gasteiger partial charge in [-0.25, -0.2) is 9.97 Å². The van der Waals surface area contributed by atoms with Crippen LogP contribution in [0.25, 0.3) is 5.78 Å². The number of nitrogens with one attached hydrogen (secondary N) is 1. The molecule has 4 rings (SSSR count). The van der Waals surface area contributed by atoms with Gasteiger partial charge in [0.1, 0.15) is 4.88 Å². The van der Waals surface area contributed by atoms with Gasteiger partial charge in [-0.3, -0.25) is 14.0 Å². The van der Waals surface area contributed by atoms with Crippen LogP contribution in [0.1, 0.15) is 46.4 Å². The van der Waals surface area contributed by atoms with Crippen LogP contribution in [-0.4, -0.2) is 36.7 Å². The van der Waals surface area contributed by atoms with Crippen LogP contribution in [0.4, 0.5) is 0 Å². The molecule has 3 aromatic heterocycles. The molecule has 3 aromatic rings. The highest BCUT2D eigenvalue weighted by atomic mass is 32.1. The SMILES string of the molecule is Cc1ncsc1C(=O)N1CCCC[C@@H]1c1cc(=O)n2ccnc2[nH]1. The Balaban J connectivity index is 1.74. The molecular formula is C16H17N5O2S. The predicted molar refractivity (Wildman–Crippen MR) is 90.3 cm³/mol. The second-order valence-electron chi connectivity index (χ2n) is 5.96. The molecule has 8 heteroatoms. The number of nitrogens with zero attached hydrogens (tertiary/aromatic N) is 4. The van der Waals surface area contributed by atoms with Crippen LogP contribution in [0, 0.1) is 6.92 Å². The minimum Gasteiger partial charge on any atom is -0.329 e. The number of piperidine rings is 1. The second-order valence-corrected chi connectivity index (χ2v) is 6.82. The Morgan fingerprint density at radius 2 is 2.25 bits per heavy atom. The quantitative estimate of drug-likeness (QED) is 0.773. The van der Waals surface area contributed by atoms with Crippen LogP contribution < -0.4 is 5.56 Å². The van der Waals surface area contributed by atoms with Crippen molar-refractivity contribution in [3.05, 3.63) is 50.6 Å². The molecule has 0 aliphatic carbocycles. The van der Waals surface area contributed by atoms with E-state index in [9.17, 15) is 9.59 Å². The molecule has 4 heterocycles. The van der Waals surface area contributed by atoms with E-state index < -0.39 is 0 Å². The monoisotopic (exact) mass is 343 g/mol. The molecule has 24 heavy (non-hydrogen) atoms. The summed E-state index contributed by atoms with van der Waals surface area (Å²) in [6.07, 6.45) is 6.04. The number of rotatable bonds is 2. The smallest absolute Gasteiger partial charge is 0.266 e. The molecule has 124 valence electrons. The third-order valence-electron chi connectivity index (χ3n) is 4.48. The minimum atomic E-state index is -0.137. The van der Waals surface area contributed by atoms with Gasteiger partial charge in [-0.2, -0.15) is 0 Å².